The van der Waals surface area contributed by atoms with Crippen molar-refractivity contribution in [2.45, 2.75) is 51.0 Å². The van der Waals surface area contributed by atoms with Gasteiger partial charge in [-0.2, -0.15) is 0 Å². The number of rotatable bonds is 7. The molecule has 6 heteroatoms. The molecule has 2 saturated heterocycles. The standard InChI is InChI=1S/C15H30N2O3S/c1-21(18,19)16-15-6-4-10-17(13-15)9-3-2-5-14-7-11-20-12-8-14/h14-16H,2-13H2,1H3. The molecule has 2 aliphatic rings. The molecule has 2 rings (SSSR count). The zero-order chi connectivity index (χ0) is 15.1. The summed E-state index contributed by atoms with van der Waals surface area (Å²) < 4.78 is 30.7. The Morgan fingerprint density at radius 3 is 2.67 bits per heavy atom. The number of unbranched alkanes of at least 4 members (excludes halogenated alkanes) is 1. The number of hydrogen-bond donors (Lipinski definition) is 1. The maximum Gasteiger partial charge on any atom is 0.208 e. The second-order valence-electron chi connectivity index (χ2n) is 6.58. The normalized spacial score (nSPS) is 26.0. The molecule has 21 heavy (non-hydrogen) atoms. The van der Waals surface area contributed by atoms with Gasteiger partial charge in [0.1, 0.15) is 0 Å². The lowest BCUT2D eigenvalue weighted by Crippen LogP contribution is -2.47. The molecule has 0 bridgehead atoms. The van der Waals surface area contributed by atoms with E-state index in [0.29, 0.717) is 0 Å². The minimum absolute atomic E-state index is 0.101. The van der Waals surface area contributed by atoms with Crippen molar-refractivity contribution >= 4 is 10.0 Å². The van der Waals surface area contributed by atoms with E-state index in [1.807, 2.05) is 0 Å². The summed E-state index contributed by atoms with van der Waals surface area (Å²) in [5, 5.41) is 0. The van der Waals surface area contributed by atoms with Crippen LogP contribution in [0.4, 0.5) is 0 Å². The summed E-state index contributed by atoms with van der Waals surface area (Å²) in [6.07, 6.45) is 9.59. The van der Waals surface area contributed by atoms with Crippen LogP contribution in [-0.4, -0.2) is 58.5 Å². The fourth-order valence-electron chi connectivity index (χ4n) is 3.46. The Bertz CT molecular complexity index is 394. The first kappa shape index (κ1) is 17.2. The number of sulfonamides is 1. The van der Waals surface area contributed by atoms with Crippen LogP contribution in [0.5, 0.6) is 0 Å². The zero-order valence-corrected chi connectivity index (χ0v) is 14.0. The monoisotopic (exact) mass is 318 g/mol. The van der Waals surface area contributed by atoms with Gasteiger partial charge in [0, 0.05) is 25.8 Å². The molecule has 1 N–H and O–H groups in total. The highest BCUT2D eigenvalue weighted by molar-refractivity contribution is 7.88. The first-order valence-electron chi connectivity index (χ1n) is 8.30. The van der Waals surface area contributed by atoms with Gasteiger partial charge in [0.25, 0.3) is 0 Å². The summed E-state index contributed by atoms with van der Waals surface area (Å²) in [5.41, 5.74) is 0. The smallest absolute Gasteiger partial charge is 0.208 e. The van der Waals surface area contributed by atoms with E-state index in [4.69, 9.17) is 4.74 Å². The molecule has 2 heterocycles. The van der Waals surface area contributed by atoms with Crippen LogP contribution in [0.15, 0.2) is 0 Å². The predicted octanol–water partition coefficient (Wildman–Crippen LogP) is 1.60. The van der Waals surface area contributed by atoms with Crippen LogP contribution in [0.25, 0.3) is 0 Å². The molecule has 0 aromatic heterocycles. The molecule has 0 aromatic carbocycles. The lowest BCUT2D eigenvalue weighted by atomic mass is 9.94. The molecule has 124 valence electrons. The van der Waals surface area contributed by atoms with Crippen molar-refractivity contribution in [1.29, 1.82) is 0 Å². The molecule has 1 unspecified atom stereocenters. The van der Waals surface area contributed by atoms with Gasteiger partial charge in [0.15, 0.2) is 0 Å². The summed E-state index contributed by atoms with van der Waals surface area (Å²) in [4.78, 5) is 2.41. The third-order valence-corrected chi connectivity index (χ3v) is 5.33. The number of likely N-dealkylation sites (tertiary alicyclic amines) is 1. The molecular weight excluding hydrogens is 288 g/mol. The van der Waals surface area contributed by atoms with Crippen molar-refractivity contribution in [1.82, 2.24) is 9.62 Å². The zero-order valence-electron chi connectivity index (χ0n) is 13.2. The van der Waals surface area contributed by atoms with Crippen LogP contribution in [0, 0.1) is 5.92 Å². The third kappa shape index (κ3) is 7.08. The molecule has 0 saturated carbocycles. The molecule has 1 atom stereocenters. The van der Waals surface area contributed by atoms with Gasteiger partial charge in [-0.15, -0.1) is 0 Å². The average Bonchev–Trinajstić information content (AvgIpc) is 2.43. The van der Waals surface area contributed by atoms with Gasteiger partial charge < -0.3 is 9.64 Å². The Morgan fingerprint density at radius 2 is 1.95 bits per heavy atom. The summed E-state index contributed by atoms with van der Waals surface area (Å²) in [5.74, 6) is 0.861. The second-order valence-corrected chi connectivity index (χ2v) is 8.36. The van der Waals surface area contributed by atoms with Gasteiger partial charge >= 0.3 is 0 Å². The SMILES string of the molecule is CS(=O)(=O)NC1CCCN(CCCCC2CCOCC2)C1. The van der Waals surface area contributed by atoms with Crippen molar-refractivity contribution in [3.63, 3.8) is 0 Å². The Kier molecular flexibility index (Phi) is 6.92. The van der Waals surface area contributed by atoms with Crippen molar-refractivity contribution < 1.29 is 13.2 Å². The fraction of sp³-hybridized carbons (Fsp3) is 1.00. The van der Waals surface area contributed by atoms with Crippen LogP contribution >= 0.6 is 0 Å². The van der Waals surface area contributed by atoms with Crippen LogP contribution in [0.3, 0.4) is 0 Å². The van der Waals surface area contributed by atoms with E-state index in [0.717, 1.165) is 51.6 Å². The number of piperidine rings is 1. The lowest BCUT2D eigenvalue weighted by molar-refractivity contribution is 0.0627. The Balaban J connectivity index is 1.59. The van der Waals surface area contributed by atoms with Gasteiger partial charge in [-0.1, -0.05) is 12.8 Å². The highest BCUT2D eigenvalue weighted by Gasteiger charge is 2.22. The number of nitrogens with one attached hydrogen (secondary N) is 1. The van der Waals surface area contributed by atoms with E-state index in [1.165, 1.54) is 38.4 Å². The van der Waals surface area contributed by atoms with Gasteiger partial charge in [-0.3, -0.25) is 0 Å². The van der Waals surface area contributed by atoms with E-state index in [9.17, 15) is 8.42 Å². The number of nitrogens with zero attached hydrogens (tertiary/aromatic N) is 1. The van der Waals surface area contributed by atoms with E-state index in [1.54, 1.807) is 0 Å². The summed E-state index contributed by atoms with van der Waals surface area (Å²) in [6, 6.07) is 0.101. The minimum Gasteiger partial charge on any atom is -0.381 e. The maximum atomic E-state index is 11.3. The molecule has 0 amide bonds. The minimum atomic E-state index is -3.08. The Labute approximate surface area is 129 Å². The Morgan fingerprint density at radius 1 is 1.19 bits per heavy atom. The number of ether oxygens (including phenoxy) is 1. The van der Waals surface area contributed by atoms with E-state index in [-0.39, 0.29) is 6.04 Å². The highest BCUT2D eigenvalue weighted by atomic mass is 32.2. The largest absolute Gasteiger partial charge is 0.381 e. The predicted molar refractivity (Wildman–Crippen MR) is 84.8 cm³/mol. The molecule has 2 fully saturated rings. The summed E-state index contributed by atoms with van der Waals surface area (Å²) in [7, 11) is -3.08. The molecule has 0 spiro atoms. The van der Waals surface area contributed by atoms with Crippen LogP contribution in [0.1, 0.15) is 44.9 Å². The maximum absolute atomic E-state index is 11.3. The Hall–Kier alpha value is -0.170. The number of hydrogen-bond acceptors (Lipinski definition) is 4. The molecule has 0 aromatic rings. The van der Waals surface area contributed by atoms with Crippen LogP contribution in [-0.2, 0) is 14.8 Å². The van der Waals surface area contributed by atoms with E-state index in [2.05, 4.69) is 9.62 Å². The average molecular weight is 318 g/mol. The summed E-state index contributed by atoms with van der Waals surface area (Å²) >= 11 is 0. The van der Waals surface area contributed by atoms with Gasteiger partial charge in [-0.05, 0) is 51.1 Å². The van der Waals surface area contributed by atoms with E-state index < -0.39 is 10.0 Å². The van der Waals surface area contributed by atoms with Gasteiger partial charge in [0.2, 0.25) is 10.0 Å². The molecular formula is C15H30N2O3S. The fourth-order valence-corrected chi connectivity index (χ4v) is 4.26. The third-order valence-electron chi connectivity index (χ3n) is 4.56. The van der Waals surface area contributed by atoms with Crippen molar-refractivity contribution in [3.8, 4) is 0 Å². The second kappa shape index (κ2) is 8.46. The molecule has 2 aliphatic heterocycles. The molecule has 5 nitrogen and oxygen atoms in total. The molecule has 0 aliphatic carbocycles. The molecule has 0 radical (unpaired) electrons. The van der Waals surface area contributed by atoms with E-state index >= 15 is 0 Å². The van der Waals surface area contributed by atoms with Crippen molar-refractivity contribution in [2.75, 3.05) is 39.1 Å². The first-order chi connectivity index (χ1) is 10.0. The van der Waals surface area contributed by atoms with Crippen molar-refractivity contribution in [2.24, 2.45) is 5.92 Å². The lowest BCUT2D eigenvalue weighted by Gasteiger charge is -2.32. The first-order valence-corrected chi connectivity index (χ1v) is 10.2. The topological polar surface area (TPSA) is 58.6 Å². The van der Waals surface area contributed by atoms with Crippen molar-refractivity contribution in [3.05, 3.63) is 0 Å². The summed E-state index contributed by atoms with van der Waals surface area (Å²) in [6.45, 7) is 4.96. The van der Waals surface area contributed by atoms with Gasteiger partial charge in [-0.25, -0.2) is 13.1 Å². The van der Waals surface area contributed by atoms with Crippen LogP contribution < -0.4 is 4.72 Å². The quantitative estimate of drug-likeness (QED) is 0.724. The van der Waals surface area contributed by atoms with Crippen LogP contribution in [0.2, 0.25) is 0 Å². The van der Waals surface area contributed by atoms with Gasteiger partial charge in [0.05, 0.1) is 6.26 Å². The highest BCUT2D eigenvalue weighted by Crippen LogP contribution is 2.21.